The Morgan fingerprint density at radius 1 is 1.00 bits per heavy atom. The number of hydrogen-bond donors (Lipinski definition) is 2. The normalized spacial score (nSPS) is 33.8. The lowest BCUT2D eigenvalue weighted by Crippen LogP contribution is -2.44. The van der Waals surface area contributed by atoms with Gasteiger partial charge in [-0.05, 0) is 32.1 Å². The highest BCUT2D eigenvalue weighted by Crippen LogP contribution is 2.48. The maximum absolute atomic E-state index is 12.0. The molecule has 2 N–H and O–H groups in total. The summed E-state index contributed by atoms with van der Waals surface area (Å²) in [6.07, 6.45) is 5.14. The molecule has 0 aromatic heterocycles. The Kier molecular flexibility index (Phi) is 3.50. The van der Waals surface area contributed by atoms with Gasteiger partial charge in [0.1, 0.15) is 0 Å². The molecule has 0 saturated heterocycles. The van der Waals surface area contributed by atoms with Gasteiger partial charge >= 0.3 is 0 Å². The number of nitrogens with one attached hydrogen (secondary N) is 2. The maximum atomic E-state index is 12.0. The minimum atomic E-state index is -0.170. The summed E-state index contributed by atoms with van der Waals surface area (Å²) in [6, 6.07) is 0. The summed E-state index contributed by atoms with van der Waals surface area (Å²) in [6.45, 7) is 5.06. The number of carbonyl (C=O) groups excluding carboxylic acids is 2. The first-order valence-corrected chi connectivity index (χ1v) is 6.42. The SMILES string of the molecule is CCNC(=O)[C@@H]1[C@@H](C(=O)NCC)[C@H]2C=C[C@@H]1C2. The number of fused-ring (bicyclic) bond motifs is 2. The van der Waals surface area contributed by atoms with E-state index in [9.17, 15) is 9.59 Å². The van der Waals surface area contributed by atoms with Crippen LogP contribution in [0.2, 0.25) is 0 Å². The van der Waals surface area contributed by atoms with E-state index in [0.29, 0.717) is 13.1 Å². The molecule has 2 amide bonds. The van der Waals surface area contributed by atoms with Gasteiger partial charge in [-0.3, -0.25) is 9.59 Å². The van der Waals surface area contributed by atoms with Gasteiger partial charge < -0.3 is 10.6 Å². The van der Waals surface area contributed by atoms with Crippen LogP contribution in [0.1, 0.15) is 20.3 Å². The van der Waals surface area contributed by atoms with Crippen molar-refractivity contribution < 1.29 is 9.59 Å². The number of carbonyl (C=O) groups is 2. The molecule has 4 nitrogen and oxygen atoms in total. The third kappa shape index (κ3) is 2.08. The van der Waals surface area contributed by atoms with Crippen LogP contribution >= 0.6 is 0 Å². The molecule has 2 bridgehead atoms. The minimum absolute atomic E-state index is 0.0283. The molecular weight excluding hydrogens is 216 g/mol. The Bertz CT molecular complexity index is 319. The molecule has 17 heavy (non-hydrogen) atoms. The summed E-state index contributed by atoms with van der Waals surface area (Å²) in [5.74, 6) is 0.215. The predicted molar refractivity (Wildman–Crippen MR) is 65.1 cm³/mol. The molecule has 94 valence electrons. The molecule has 4 atom stereocenters. The van der Waals surface area contributed by atoms with Gasteiger partial charge in [0.2, 0.25) is 11.8 Å². The van der Waals surface area contributed by atoms with E-state index < -0.39 is 0 Å². The van der Waals surface area contributed by atoms with Crippen LogP contribution in [-0.4, -0.2) is 24.9 Å². The molecule has 0 aromatic rings. The smallest absolute Gasteiger partial charge is 0.224 e. The standard InChI is InChI=1S/C13H20N2O2/c1-3-14-12(16)10-8-5-6-9(7-8)11(10)13(17)15-4-2/h5-6,8-11H,3-4,7H2,1-2H3,(H,14,16)(H,15,17)/t8-,9+,10-,11-/m0/s1. The van der Waals surface area contributed by atoms with Gasteiger partial charge in [-0.25, -0.2) is 0 Å². The lowest BCUT2D eigenvalue weighted by molar-refractivity contribution is -0.135. The predicted octanol–water partition coefficient (Wildman–Crippen LogP) is 0.697. The third-order valence-corrected chi connectivity index (χ3v) is 3.77. The fraction of sp³-hybridized carbons (Fsp3) is 0.692. The summed E-state index contributed by atoms with van der Waals surface area (Å²) in [4.78, 5) is 24.1. The number of hydrogen-bond acceptors (Lipinski definition) is 2. The second kappa shape index (κ2) is 4.90. The van der Waals surface area contributed by atoms with Crippen LogP contribution in [-0.2, 0) is 9.59 Å². The van der Waals surface area contributed by atoms with Crippen molar-refractivity contribution in [1.82, 2.24) is 10.6 Å². The van der Waals surface area contributed by atoms with Crippen molar-refractivity contribution in [3.05, 3.63) is 12.2 Å². The Morgan fingerprint density at radius 2 is 1.41 bits per heavy atom. The molecule has 2 aliphatic rings. The van der Waals surface area contributed by atoms with Crippen LogP contribution in [0.25, 0.3) is 0 Å². The maximum Gasteiger partial charge on any atom is 0.224 e. The molecule has 0 heterocycles. The van der Waals surface area contributed by atoms with E-state index in [1.807, 2.05) is 13.8 Å². The zero-order chi connectivity index (χ0) is 12.4. The zero-order valence-corrected chi connectivity index (χ0v) is 10.4. The van der Waals surface area contributed by atoms with Crippen LogP contribution in [0.15, 0.2) is 12.2 Å². The first-order valence-electron chi connectivity index (χ1n) is 6.42. The third-order valence-electron chi connectivity index (χ3n) is 3.77. The van der Waals surface area contributed by atoms with Gasteiger partial charge in [0.05, 0.1) is 11.8 Å². The molecule has 1 fully saturated rings. The van der Waals surface area contributed by atoms with E-state index in [0.717, 1.165) is 6.42 Å². The van der Waals surface area contributed by atoms with Crippen molar-refractivity contribution in [2.75, 3.05) is 13.1 Å². The van der Waals surface area contributed by atoms with Crippen LogP contribution < -0.4 is 10.6 Å². The Morgan fingerprint density at radius 3 is 1.76 bits per heavy atom. The molecule has 1 saturated carbocycles. The fourth-order valence-corrected chi connectivity index (χ4v) is 3.12. The zero-order valence-electron chi connectivity index (χ0n) is 10.4. The summed E-state index contributed by atoms with van der Waals surface area (Å²) in [5.41, 5.74) is 0. The van der Waals surface area contributed by atoms with Crippen molar-refractivity contribution in [2.24, 2.45) is 23.7 Å². The summed E-state index contributed by atoms with van der Waals surface area (Å²) >= 11 is 0. The number of amides is 2. The number of allylic oxidation sites excluding steroid dienone is 2. The van der Waals surface area contributed by atoms with Gasteiger partial charge in [-0.2, -0.15) is 0 Å². The van der Waals surface area contributed by atoms with Crippen LogP contribution in [0.5, 0.6) is 0 Å². The quantitative estimate of drug-likeness (QED) is 0.706. The molecule has 0 radical (unpaired) electrons. The molecular formula is C13H20N2O2. The average molecular weight is 236 g/mol. The molecule has 4 heteroatoms. The Labute approximate surface area is 102 Å². The van der Waals surface area contributed by atoms with E-state index in [2.05, 4.69) is 22.8 Å². The topological polar surface area (TPSA) is 58.2 Å². The van der Waals surface area contributed by atoms with Crippen molar-refractivity contribution in [2.45, 2.75) is 20.3 Å². The van der Waals surface area contributed by atoms with E-state index in [4.69, 9.17) is 0 Å². The highest BCUT2D eigenvalue weighted by Gasteiger charge is 2.51. The molecule has 2 rings (SSSR count). The Hall–Kier alpha value is -1.32. The van der Waals surface area contributed by atoms with Gasteiger partial charge in [-0.15, -0.1) is 0 Å². The van der Waals surface area contributed by atoms with Crippen LogP contribution in [0, 0.1) is 23.7 Å². The van der Waals surface area contributed by atoms with Crippen molar-refractivity contribution in [1.29, 1.82) is 0 Å². The van der Waals surface area contributed by atoms with Gasteiger partial charge in [0.15, 0.2) is 0 Å². The van der Waals surface area contributed by atoms with Crippen molar-refractivity contribution in [3.8, 4) is 0 Å². The van der Waals surface area contributed by atoms with Gasteiger partial charge in [-0.1, -0.05) is 12.2 Å². The van der Waals surface area contributed by atoms with Crippen LogP contribution in [0.4, 0.5) is 0 Å². The minimum Gasteiger partial charge on any atom is -0.356 e. The molecule has 0 aliphatic heterocycles. The summed E-state index contributed by atoms with van der Waals surface area (Å²) in [7, 11) is 0. The first kappa shape index (κ1) is 12.1. The van der Waals surface area contributed by atoms with Gasteiger partial charge in [0, 0.05) is 13.1 Å². The van der Waals surface area contributed by atoms with E-state index in [-0.39, 0.29) is 35.5 Å². The fourth-order valence-electron chi connectivity index (χ4n) is 3.12. The van der Waals surface area contributed by atoms with Crippen molar-refractivity contribution in [3.63, 3.8) is 0 Å². The Balaban J connectivity index is 2.14. The molecule has 0 aromatic carbocycles. The highest BCUT2D eigenvalue weighted by molar-refractivity contribution is 5.89. The van der Waals surface area contributed by atoms with E-state index in [1.165, 1.54) is 0 Å². The summed E-state index contributed by atoms with van der Waals surface area (Å²) in [5, 5.41) is 5.69. The first-order chi connectivity index (χ1) is 8.19. The second-order valence-corrected chi connectivity index (χ2v) is 4.79. The monoisotopic (exact) mass is 236 g/mol. The van der Waals surface area contributed by atoms with Crippen molar-refractivity contribution >= 4 is 11.8 Å². The molecule has 2 aliphatic carbocycles. The molecule has 0 spiro atoms. The van der Waals surface area contributed by atoms with Gasteiger partial charge in [0.25, 0.3) is 0 Å². The lowest BCUT2D eigenvalue weighted by Gasteiger charge is -2.25. The van der Waals surface area contributed by atoms with E-state index >= 15 is 0 Å². The largest absolute Gasteiger partial charge is 0.356 e. The summed E-state index contributed by atoms with van der Waals surface area (Å²) < 4.78 is 0. The van der Waals surface area contributed by atoms with Crippen LogP contribution in [0.3, 0.4) is 0 Å². The van der Waals surface area contributed by atoms with E-state index in [1.54, 1.807) is 0 Å². The molecule has 0 unspecified atom stereocenters. The second-order valence-electron chi connectivity index (χ2n) is 4.79. The number of rotatable bonds is 4. The average Bonchev–Trinajstić information content (AvgIpc) is 2.89. The lowest BCUT2D eigenvalue weighted by atomic mass is 9.81. The highest BCUT2D eigenvalue weighted by atomic mass is 16.2.